The highest BCUT2D eigenvalue weighted by molar-refractivity contribution is 7.99. The molecule has 1 unspecified atom stereocenters. The van der Waals surface area contributed by atoms with Crippen LogP contribution in [0.1, 0.15) is 12.8 Å². The fraction of sp³-hybridized carbons (Fsp3) is 0.500. The van der Waals surface area contributed by atoms with Gasteiger partial charge in [0.1, 0.15) is 0 Å². The molecule has 0 heterocycles. The monoisotopic (exact) mass is 263 g/mol. The zero-order valence-corrected chi connectivity index (χ0v) is 10.4. The topological polar surface area (TPSA) is 12.0 Å². The molecule has 17 heavy (non-hydrogen) atoms. The number of halogens is 3. The van der Waals surface area contributed by atoms with Crippen LogP contribution in [0.15, 0.2) is 35.2 Å². The van der Waals surface area contributed by atoms with Crippen LogP contribution in [0.4, 0.5) is 13.2 Å². The van der Waals surface area contributed by atoms with Gasteiger partial charge in [-0.15, -0.1) is 11.8 Å². The van der Waals surface area contributed by atoms with Crippen molar-refractivity contribution in [2.75, 3.05) is 12.8 Å². The fourth-order valence-corrected chi connectivity index (χ4v) is 2.44. The Bertz CT molecular complexity index is 313. The van der Waals surface area contributed by atoms with Crippen molar-refractivity contribution >= 4 is 11.8 Å². The Morgan fingerprint density at radius 1 is 1.24 bits per heavy atom. The van der Waals surface area contributed by atoms with Crippen molar-refractivity contribution in [1.29, 1.82) is 0 Å². The van der Waals surface area contributed by atoms with Crippen LogP contribution in [-0.4, -0.2) is 25.0 Å². The van der Waals surface area contributed by atoms with E-state index in [1.165, 1.54) is 0 Å². The first-order valence-corrected chi connectivity index (χ1v) is 6.41. The van der Waals surface area contributed by atoms with Gasteiger partial charge in [-0.1, -0.05) is 18.2 Å². The van der Waals surface area contributed by atoms with Gasteiger partial charge in [0.15, 0.2) is 0 Å². The van der Waals surface area contributed by atoms with Gasteiger partial charge < -0.3 is 5.32 Å². The van der Waals surface area contributed by atoms with Crippen molar-refractivity contribution < 1.29 is 13.2 Å². The molecule has 1 aromatic rings. The van der Waals surface area contributed by atoms with Crippen molar-refractivity contribution in [3.05, 3.63) is 30.3 Å². The van der Waals surface area contributed by atoms with E-state index in [9.17, 15) is 13.2 Å². The third-order valence-corrected chi connectivity index (χ3v) is 3.55. The van der Waals surface area contributed by atoms with Gasteiger partial charge in [-0.05, 0) is 25.6 Å². The molecule has 0 aliphatic rings. The second-order valence-corrected chi connectivity index (χ2v) is 4.86. The highest BCUT2D eigenvalue weighted by Crippen LogP contribution is 2.24. The average molecular weight is 263 g/mol. The van der Waals surface area contributed by atoms with Gasteiger partial charge in [0.05, 0.1) is 0 Å². The van der Waals surface area contributed by atoms with Crippen molar-refractivity contribution in [3.8, 4) is 0 Å². The first-order valence-electron chi connectivity index (χ1n) is 5.43. The highest BCUT2D eigenvalue weighted by atomic mass is 32.2. The minimum absolute atomic E-state index is 0.109. The Morgan fingerprint density at radius 3 is 2.41 bits per heavy atom. The van der Waals surface area contributed by atoms with Gasteiger partial charge >= 0.3 is 6.18 Å². The van der Waals surface area contributed by atoms with Crippen molar-refractivity contribution in [2.45, 2.75) is 30.0 Å². The van der Waals surface area contributed by atoms with E-state index in [0.717, 1.165) is 4.90 Å². The molecule has 0 saturated carbocycles. The molecule has 0 aliphatic heterocycles. The molecule has 0 spiro atoms. The molecule has 1 aromatic carbocycles. The number of thioether (sulfide) groups is 1. The second-order valence-electron chi connectivity index (χ2n) is 3.76. The summed E-state index contributed by atoms with van der Waals surface area (Å²) in [5.74, 6) is 0.649. The summed E-state index contributed by atoms with van der Waals surface area (Å²) in [6.07, 6.45) is -4.67. The molecule has 1 rings (SSSR count). The average Bonchev–Trinajstić information content (AvgIpc) is 2.29. The molecule has 5 heteroatoms. The maximum Gasteiger partial charge on any atom is 0.389 e. The zero-order valence-electron chi connectivity index (χ0n) is 9.63. The minimum Gasteiger partial charge on any atom is -0.316 e. The van der Waals surface area contributed by atoms with E-state index in [0.29, 0.717) is 5.75 Å². The van der Waals surface area contributed by atoms with Gasteiger partial charge in [-0.3, -0.25) is 0 Å². The van der Waals surface area contributed by atoms with Crippen LogP contribution in [0.2, 0.25) is 0 Å². The number of hydrogen-bond donors (Lipinski definition) is 1. The van der Waals surface area contributed by atoms with Crippen molar-refractivity contribution in [1.82, 2.24) is 5.32 Å². The summed E-state index contributed by atoms with van der Waals surface area (Å²) in [7, 11) is 1.70. The molecular formula is C12H16F3NS. The molecule has 0 aromatic heterocycles. The van der Waals surface area contributed by atoms with E-state index in [4.69, 9.17) is 0 Å². The number of rotatable bonds is 6. The maximum absolute atomic E-state index is 12.1. The van der Waals surface area contributed by atoms with Gasteiger partial charge in [-0.2, -0.15) is 13.2 Å². The predicted octanol–water partition coefficient (Wildman–Crippen LogP) is 3.71. The standard InChI is InChI=1S/C12H16F3NS/c1-16-10(7-8-12(13,14)15)9-17-11-5-3-2-4-6-11/h2-6,10,16H,7-9H2,1H3. The first-order chi connectivity index (χ1) is 8.01. The molecule has 96 valence electrons. The lowest BCUT2D eigenvalue weighted by Gasteiger charge is -2.16. The van der Waals surface area contributed by atoms with Gasteiger partial charge in [-0.25, -0.2) is 0 Å². The van der Waals surface area contributed by atoms with Crippen LogP contribution < -0.4 is 5.32 Å². The lowest BCUT2D eigenvalue weighted by Crippen LogP contribution is -2.29. The Morgan fingerprint density at radius 2 is 1.88 bits per heavy atom. The summed E-state index contributed by atoms with van der Waals surface area (Å²) >= 11 is 1.57. The Kier molecular flexibility index (Phi) is 5.85. The van der Waals surface area contributed by atoms with E-state index >= 15 is 0 Å². The zero-order chi connectivity index (χ0) is 12.7. The van der Waals surface area contributed by atoms with Crippen molar-refractivity contribution in [2.24, 2.45) is 0 Å². The molecule has 1 N–H and O–H groups in total. The third kappa shape index (κ3) is 6.58. The normalized spacial score (nSPS) is 13.6. The van der Waals surface area contributed by atoms with E-state index in [1.54, 1.807) is 18.8 Å². The predicted molar refractivity (Wildman–Crippen MR) is 65.3 cm³/mol. The van der Waals surface area contributed by atoms with E-state index in [-0.39, 0.29) is 12.5 Å². The molecule has 1 atom stereocenters. The smallest absolute Gasteiger partial charge is 0.316 e. The summed E-state index contributed by atoms with van der Waals surface area (Å²) in [4.78, 5) is 1.08. The van der Waals surface area contributed by atoms with Crippen LogP contribution in [0.25, 0.3) is 0 Å². The quantitative estimate of drug-likeness (QED) is 0.785. The number of alkyl halides is 3. The summed E-state index contributed by atoms with van der Waals surface area (Å²) < 4.78 is 36.2. The number of nitrogens with one attached hydrogen (secondary N) is 1. The molecule has 0 aliphatic carbocycles. The lowest BCUT2D eigenvalue weighted by atomic mass is 10.2. The number of hydrogen-bond acceptors (Lipinski definition) is 2. The molecule has 0 saturated heterocycles. The van der Waals surface area contributed by atoms with Crippen LogP contribution >= 0.6 is 11.8 Å². The Hall–Kier alpha value is -0.680. The Labute approximate surface area is 104 Å². The molecular weight excluding hydrogens is 247 g/mol. The fourth-order valence-electron chi connectivity index (χ4n) is 1.36. The van der Waals surface area contributed by atoms with Crippen LogP contribution in [0.5, 0.6) is 0 Å². The lowest BCUT2D eigenvalue weighted by molar-refractivity contribution is -0.136. The highest BCUT2D eigenvalue weighted by Gasteiger charge is 2.27. The van der Waals surface area contributed by atoms with Crippen molar-refractivity contribution in [3.63, 3.8) is 0 Å². The minimum atomic E-state index is -4.06. The molecule has 0 bridgehead atoms. The van der Waals surface area contributed by atoms with Crippen LogP contribution in [0.3, 0.4) is 0 Å². The molecule has 1 nitrogen and oxygen atoms in total. The van der Waals surface area contributed by atoms with E-state index in [1.807, 2.05) is 30.3 Å². The molecule has 0 radical (unpaired) electrons. The first kappa shape index (κ1) is 14.4. The summed E-state index contributed by atoms with van der Waals surface area (Å²) in [6, 6.07) is 9.58. The van der Waals surface area contributed by atoms with Gasteiger partial charge in [0, 0.05) is 23.1 Å². The SMILES string of the molecule is CNC(CCC(F)(F)F)CSc1ccccc1. The van der Waals surface area contributed by atoms with Gasteiger partial charge in [0.2, 0.25) is 0 Å². The molecule has 0 fully saturated rings. The summed E-state index contributed by atoms with van der Waals surface area (Å²) in [5.41, 5.74) is 0. The number of benzene rings is 1. The largest absolute Gasteiger partial charge is 0.389 e. The summed E-state index contributed by atoms with van der Waals surface area (Å²) in [5, 5.41) is 2.92. The van der Waals surface area contributed by atoms with Gasteiger partial charge in [0.25, 0.3) is 0 Å². The Balaban J connectivity index is 2.33. The van der Waals surface area contributed by atoms with E-state index in [2.05, 4.69) is 5.32 Å². The summed E-state index contributed by atoms with van der Waals surface area (Å²) in [6.45, 7) is 0. The molecule has 0 amide bonds. The third-order valence-electron chi connectivity index (χ3n) is 2.38. The van der Waals surface area contributed by atoms with Crippen LogP contribution in [0, 0.1) is 0 Å². The second kappa shape index (κ2) is 6.91. The van der Waals surface area contributed by atoms with Crippen LogP contribution in [-0.2, 0) is 0 Å². The van der Waals surface area contributed by atoms with E-state index < -0.39 is 12.6 Å². The maximum atomic E-state index is 12.1.